The van der Waals surface area contributed by atoms with Crippen molar-refractivity contribution in [1.29, 1.82) is 0 Å². The molecule has 0 bridgehead atoms. The molecule has 2 rings (SSSR count). The second-order valence-corrected chi connectivity index (χ2v) is 5.62. The quantitative estimate of drug-likeness (QED) is 0.758. The average molecular weight is 370 g/mol. The molecule has 0 aliphatic heterocycles. The molecule has 0 atom stereocenters. The van der Waals surface area contributed by atoms with E-state index >= 15 is 0 Å². The number of anilines is 2. The Morgan fingerprint density at radius 1 is 1.04 bits per heavy atom. The van der Waals surface area contributed by atoms with E-state index in [1.54, 1.807) is 55.5 Å². The molecule has 0 unspecified atom stereocenters. The minimum Gasteiger partial charge on any atom is -0.495 e. The third kappa shape index (κ3) is 5.31. The number of hydrogen-bond donors (Lipinski definition) is 1. The second kappa shape index (κ2) is 9.38. The Morgan fingerprint density at radius 3 is 2.30 bits per heavy atom. The number of hydrogen-bond acceptors (Lipinski definition) is 5. The van der Waals surface area contributed by atoms with Crippen molar-refractivity contribution in [1.82, 2.24) is 0 Å². The summed E-state index contributed by atoms with van der Waals surface area (Å²) in [6, 6.07) is 13.3. The highest BCUT2D eigenvalue weighted by Crippen LogP contribution is 2.23. The maximum atomic E-state index is 12.4. The van der Waals surface area contributed by atoms with Gasteiger partial charge in [0.1, 0.15) is 12.3 Å². The molecule has 0 fully saturated rings. The number of amides is 2. The minimum atomic E-state index is -0.438. The van der Waals surface area contributed by atoms with Crippen molar-refractivity contribution in [2.45, 2.75) is 13.8 Å². The lowest BCUT2D eigenvalue weighted by molar-refractivity contribution is -0.120. The van der Waals surface area contributed by atoms with E-state index in [-0.39, 0.29) is 25.0 Å². The van der Waals surface area contributed by atoms with Crippen molar-refractivity contribution < 1.29 is 23.9 Å². The monoisotopic (exact) mass is 370 g/mol. The summed E-state index contributed by atoms with van der Waals surface area (Å²) < 4.78 is 10.1. The standard InChI is InChI=1S/C20H22N2O5/c1-4-27-20(25)15-9-11-16(12-10-15)22(14(2)23)13-19(24)21-17-7-5-6-8-18(17)26-3/h5-12H,4,13H2,1-3H3,(H,21,24). The van der Waals surface area contributed by atoms with Gasteiger partial charge in [0.15, 0.2) is 0 Å². The fourth-order valence-electron chi connectivity index (χ4n) is 2.46. The van der Waals surface area contributed by atoms with Crippen molar-refractivity contribution in [2.24, 2.45) is 0 Å². The zero-order valence-electron chi connectivity index (χ0n) is 15.5. The largest absolute Gasteiger partial charge is 0.495 e. The van der Waals surface area contributed by atoms with Crippen LogP contribution in [0.4, 0.5) is 11.4 Å². The molecule has 7 nitrogen and oxygen atoms in total. The number of esters is 1. The van der Waals surface area contributed by atoms with Gasteiger partial charge in [0.25, 0.3) is 0 Å². The van der Waals surface area contributed by atoms with Crippen LogP contribution in [0.1, 0.15) is 24.2 Å². The van der Waals surface area contributed by atoms with Crippen LogP contribution in [0.5, 0.6) is 5.75 Å². The lowest BCUT2D eigenvalue weighted by Gasteiger charge is -2.21. The van der Waals surface area contributed by atoms with Gasteiger partial charge in [-0.2, -0.15) is 0 Å². The van der Waals surface area contributed by atoms with E-state index in [4.69, 9.17) is 9.47 Å². The van der Waals surface area contributed by atoms with Gasteiger partial charge in [-0.3, -0.25) is 9.59 Å². The molecule has 1 N–H and O–H groups in total. The van der Waals surface area contributed by atoms with E-state index in [1.807, 2.05) is 0 Å². The van der Waals surface area contributed by atoms with Gasteiger partial charge < -0.3 is 19.7 Å². The molecule has 27 heavy (non-hydrogen) atoms. The Bertz CT molecular complexity index is 817. The van der Waals surface area contributed by atoms with Crippen molar-refractivity contribution in [2.75, 3.05) is 30.5 Å². The first-order valence-electron chi connectivity index (χ1n) is 8.44. The van der Waals surface area contributed by atoms with Gasteiger partial charge in [-0.15, -0.1) is 0 Å². The molecule has 0 saturated carbocycles. The molecule has 0 spiro atoms. The number of carbonyl (C=O) groups is 3. The molecule has 2 aromatic carbocycles. The van der Waals surface area contributed by atoms with Crippen LogP contribution in [0.25, 0.3) is 0 Å². The summed E-state index contributed by atoms with van der Waals surface area (Å²) in [4.78, 5) is 37.4. The lowest BCUT2D eigenvalue weighted by Crippen LogP contribution is -2.36. The van der Waals surface area contributed by atoms with Gasteiger partial charge in [0.05, 0.1) is 25.0 Å². The zero-order chi connectivity index (χ0) is 19.8. The molecule has 0 aliphatic rings. The number of para-hydroxylation sites is 2. The van der Waals surface area contributed by atoms with Gasteiger partial charge in [-0.1, -0.05) is 12.1 Å². The number of ether oxygens (including phenoxy) is 2. The molecule has 0 aromatic heterocycles. The van der Waals surface area contributed by atoms with Gasteiger partial charge >= 0.3 is 5.97 Å². The first-order valence-corrected chi connectivity index (χ1v) is 8.44. The van der Waals surface area contributed by atoms with E-state index in [0.29, 0.717) is 22.7 Å². The van der Waals surface area contributed by atoms with Crippen molar-refractivity contribution in [3.63, 3.8) is 0 Å². The summed E-state index contributed by atoms with van der Waals surface area (Å²) in [6.45, 7) is 3.20. The summed E-state index contributed by atoms with van der Waals surface area (Å²) in [5, 5.41) is 2.73. The molecule has 7 heteroatoms. The zero-order valence-corrected chi connectivity index (χ0v) is 15.5. The third-order valence-electron chi connectivity index (χ3n) is 3.75. The van der Waals surface area contributed by atoms with E-state index < -0.39 is 5.97 Å². The molecule has 0 aliphatic carbocycles. The highest BCUT2D eigenvalue weighted by Gasteiger charge is 2.17. The van der Waals surface area contributed by atoms with Crippen molar-refractivity contribution in [3.8, 4) is 5.75 Å². The Kier molecular flexibility index (Phi) is 6.93. The van der Waals surface area contributed by atoms with Gasteiger partial charge in [0, 0.05) is 12.6 Å². The van der Waals surface area contributed by atoms with Crippen LogP contribution < -0.4 is 15.0 Å². The Morgan fingerprint density at radius 2 is 1.70 bits per heavy atom. The summed E-state index contributed by atoms with van der Waals surface area (Å²) in [6.07, 6.45) is 0. The number of methoxy groups -OCH3 is 1. The van der Waals surface area contributed by atoms with Crippen molar-refractivity contribution >= 4 is 29.2 Å². The topological polar surface area (TPSA) is 84.9 Å². The summed E-state index contributed by atoms with van der Waals surface area (Å²) >= 11 is 0. The Labute approximate surface area is 157 Å². The predicted molar refractivity (Wildman–Crippen MR) is 102 cm³/mol. The van der Waals surface area contributed by atoms with Crippen LogP contribution in [-0.4, -0.2) is 38.0 Å². The first-order chi connectivity index (χ1) is 13.0. The van der Waals surface area contributed by atoms with E-state index in [9.17, 15) is 14.4 Å². The minimum absolute atomic E-state index is 0.174. The van der Waals surface area contributed by atoms with E-state index in [1.165, 1.54) is 18.9 Å². The molecular formula is C20H22N2O5. The third-order valence-corrected chi connectivity index (χ3v) is 3.75. The highest BCUT2D eigenvalue weighted by atomic mass is 16.5. The molecule has 2 aromatic rings. The van der Waals surface area contributed by atoms with Crippen LogP contribution in [0.15, 0.2) is 48.5 Å². The number of benzene rings is 2. The summed E-state index contributed by atoms with van der Waals surface area (Å²) in [7, 11) is 1.51. The SMILES string of the molecule is CCOC(=O)c1ccc(N(CC(=O)Nc2ccccc2OC)C(C)=O)cc1. The van der Waals surface area contributed by atoms with E-state index in [2.05, 4.69) is 5.32 Å². The van der Waals surface area contributed by atoms with Crippen LogP contribution in [0, 0.1) is 0 Å². The molecule has 142 valence electrons. The van der Waals surface area contributed by atoms with Crippen LogP contribution in [-0.2, 0) is 14.3 Å². The Balaban J connectivity index is 2.12. The normalized spacial score (nSPS) is 10.0. The van der Waals surface area contributed by atoms with Crippen LogP contribution in [0.2, 0.25) is 0 Å². The fourth-order valence-corrected chi connectivity index (χ4v) is 2.46. The average Bonchev–Trinajstić information content (AvgIpc) is 2.66. The molecular weight excluding hydrogens is 348 g/mol. The maximum Gasteiger partial charge on any atom is 0.338 e. The predicted octanol–water partition coefficient (Wildman–Crippen LogP) is 2.86. The maximum absolute atomic E-state index is 12.4. The van der Waals surface area contributed by atoms with Crippen molar-refractivity contribution in [3.05, 3.63) is 54.1 Å². The van der Waals surface area contributed by atoms with Crippen LogP contribution >= 0.6 is 0 Å². The fraction of sp³-hybridized carbons (Fsp3) is 0.250. The Hall–Kier alpha value is -3.35. The molecule has 0 heterocycles. The number of nitrogens with zero attached hydrogens (tertiary/aromatic N) is 1. The summed E-state index contributed by atoms with van der Waals surface area (Å²) in [5.74, 6) is -0.579. The van der Waals surface area contributed by atoms with E-state index in [0.717, 1.165) is 0 Å². The highest BCUT2D eigenvalue weighted by molar-refractivity contribution is 6.02. The second-order valence-electron chi connectivity index (χ2n) is 5.62. The molecule has 0 saturated heterocycles. The number of carbonyl (C=O) groups excluding carboxylic acids is 3. The lowest BCUT2D eigenvalue weighted by atomic mass is 10.2. The van der Waals surface area contributed by atoms with Gasteiger partial charge in [-0.05, 0) is 43.3 Å². The smallest absolute Gasteiger partial charge is 0.338 e. The number of rotatable bonds is 7. The molecule has 0 radical (unpaired) electrons. The van der Waals surface area contributed by atoms with Crippen LogP contribution in [0.3, 0.4) is 0 Å². The van der Waals surface area contributed by atoms with Gasteiger partial charge in [-0.25, -0.2) is 4.79 Å². The first kappa shape index (κ1) is 20.0. The summed E-state index contributed by atoms with van der Waals surface area (Å²) in [5.41, 5.74) is 1.40. The number of nitrogens with one attached hydrogen (secondary N) is 1. The molecule has 2 amide bonds. The van der Waals surface area contributed by atoms with Gasteiger partial charge in [0.2, 0.25) is 11.8 Å².